The fourth-order valence-corrected chi connectivity index (χ4v) is 3.15. The molecular weight excluding hydrogens is 507 g/mol. The van der Waals surface area contributed by atoms with Crippen LogP contribution in [-0.2, 0) is 12.0 Å². The number of methoxy groups -OCH3 is 2. The Labute approximate surface area is 200 Å². The molecule has 0 spiro atoms. The van der Waals surface area contributed by atoms with Gasteiger partial charge in [0.2, 0.25) is 0 Å². The van der Waals surface area contributed by atoms with Crippen molar-refractivity contribution in [3.8, 4) is 11.5 Å². The molecule has 168 valence electrons. The summed E-state index contributed by atoms with van der Waals surface area (Å²) in [6, 6.07) is 11.8. The van der Waals surface area contributed by atoms with E-state index in [1.165, 1.54) is 0 Å². The van der Waals surface area contributed by atoms with Crippen molar-refractivity contribution in [2.75, 3.05) is 27.3 Å². The molecule has 0 saturated heterocycles. The zero-order valence-electron chi connectivity index (χ0n) is 18.7. The van der Waals surface area contributed by atoms with Gasteiger partial charge in [-0.15, -0.1) is 34.2 Å². The smallest absolute Gasteiger partial charge is 0.191 e. The maximum atomic E-state index is 5.45. The molecule has 0 unspecified atom stereocenters. The Hall–Kier alpha value is -2.56. The summed E-state index contributed by atoms with van der Waals surface area (Å²) in [5.41, 5.74) is 1.80. The van der Waals surface area contributed by atoms with E-state index >= 15 is 0 Å². The highest BCUT2D eigenvalue weighted by Crippen LogP contribution is 2.32. The van der Waals surface area contributed by atoms with Crippen LogP contribution in [0.1, 0.15) is 32.2 Å². The third-order valence-corrected chi connectivity index (χ3v) is 4.97. The number of guanidine groups is 1. The van der Waals surface area contributed by atoms with E-state index < -0.39 is 0 Å². The molecular formula is C22H31IN6O2. The third kappa shape index (κ3) is 5.99. The van der Waals surface area contributed by atoms with E-state index in [2.05, 4.69) is 40.7 Å². The average Bonchev–Trinajstić information content (AvgIpc) is 3.18. The molecule has 3 aromatic rings. The second-order valence-corrected chi connectivity index (χ2v) is 7.55. The van der Waals surface area contributed by atoms with Gasteiger partial charge < -0.3 is 20.1 Å². The normalized spacial score (nSPS) is 11.7. The van der Waals surface area contributed by atoms with Crippen molar-refractivity contribution in [2.45, 2.75) is 32.7 Å². The monoisotopic (exact) mass is 538 g/mol. The number of hydrogen-bond donors (Lipinski definition) is 2. The fraction of sp³-hybridized carbons (Fsp3) is 0.409. The van der Waals surface area contributed by atoms with E-state index in [1.807, 2.05) is 47.9 Å². The molecule has 8 nitrogen and oxygen atoms in total. The van der Waals surface area contributed by atoms with Gasteiger partial charge in [0.05, 0.1) is 14.2 Å². The Balaban J connectivity index is 0.00000341. The van der Waals surface area contributed by atoms with Gasteiger partial charge in [0.15, 0.2) is 28.9 Å². The Bertz CT molecular complexity index is 1020. The highest BCUT2D eigenvalue weighted by Gasteiger charge is 2.23. The molecule has 2 heterocycles. The van der Waals surface area contributed by atoms with Gasteiger partial charge in [0, 0.05) is 24.7 Å². The number of nitrogens with one attached hydrogen (secondary N) is 2. The van der Waals surface area contributed by atoms with Gasteiger partial charge in [-0.3, -0.25) is 4.40 Å². The van der Waals surface area contributed by atoms with Gasteiger partial charge in [0.25, 0.3) is 0 Å². The first-order valence-corrected chi connectivity index (χ1v) is 10.0. The van der Waals surface area contributed by atoms with E-state index in [1.54, 1.807) is 14.2 Å². The molecule has 0 aliphatic rings. The van der Waals surface area contributed by atoms with Crippen LogP contribution in [0, 0.1) is 0 Å². The van der Waals surface area contributed by atoms with E-state index in [0.29, 0.717) is 13.1 Å². The summed E-state index contributed by atoms with van der Waals surface area (Å²) in [5.74, 6) is 2.98. The largest absolute Gasteiger partial charge is 0.493 e. The molecule has 0 saturated carbocycles. The maximum Gasteiger partial charge on any atom is 0.191 e. The van der Waals surface area contributed by atoms with Crippen LogP contribution < -0.4 is 20.1 Å². The second-order valence-electron chi connectivity index (χ2n) is 7.55. The lowest BCUT2D eigenvalue weighted by Crippen LogP contribution is -2.43. The van der Waals surface area contributed by atoms with Gasteiger partial charge in [0.1, 0.15) is 6.54 Å². The Morgan fingerprint density at radius 3 is 2.55 bits per heavy atom. The summed E-state index contributed by atoms with van der Waals surface area (Å²) in [6.45, 7) is 8.28. The molecule has 9 heteroatoms. The van der Waals surface area contributed by atoms with Crippen molar-refractivity contribution in [1.29, 1.82) is 0 Å². The highest BCUT2D eigenvalue weighted by molar-refractivity contribution is 14.0. The van der Waals surface area contributed by atoms with E-state index in [4.69, 9.17) is 14.5 Å². The van der Waals surface area contributed by atoms with Crippen molar-refractivity contribution in [3.05, 3.63) is 54.0 Å². The van der Waals surface area contributed by atoms with Crippen LogP contribution in [0.15, 0.2) is 47.6 Å². The molecule has 0 aliphatic heterocycles. The number of pyridine rings is 1. The van der Waals surface area contributed by atoms with Crippen LogP contribution in [0.5, 0.6) is 11.5 Å². The molecule has 0 bridgehead atoms. The van der Waals surface area contributed by atoms with Crippen molar-refractivity contribution >= 4 is 35.6 Å². The SMILES string of the molecule is CCNC(=NCc1nnc2ccccn12)NCC(C)(C)c1ccc(OC)c(OC)c1.I. The number of rotatable bonds is 8. The number of aliphatic imine (C=N–C) groups is 1. The fourth-order valence-electron chi connectivity index (χ4n) is 3.15. The van der Waals surface area contributed by atoms with Crippen molar-refractivity contribution < 1.29 is 9.47 Å². The predicted molar refractivity (Wildman–Crippen MR) is 134 cm³/mol. The summed E-state index contributed by atoms with van der Waals surface area (Å²) in [4.78, 5) is 4.69. The Morgan fingerprint density at radius 1 is 1.06 bits per heavy atom. The van der Waals surface area contributed by atoms with Crippen molar-refractivity contribution in [1.82, 2.24) is 25.2 Å². The van der Waals surface area contributed by atoms with Crippen molar-refractivity contribution in [3.63, 3.8) is 0 Å². The molecule has 31 heavy (non-hydrogen) atoms. The molecule has 0 atom stereocenters. The van der Waals surface area contributed by atoms with Gasteiger partial charge in [-0.1, -0.05) is 26.0 Å². The second kappa shape index (κ2) is 11.2. The topological polar surface area (TPSA) is 85.1 Å². The molecule has 0 fully saturated rings. The lowest BCUT2D eigenvalue weighted by atomic mass is 9.84. The van der Waals surface area contributed by atoms with Gasteiger partial charge >= 0.3 is 0 Å². The minimum atomic E-state index is -0.155. The van der Waals surface area contributed by atoms with Crippen LogP contribution in [0.3, 0.4) is 0 Å². The van der Waals surface area contributed by atoms with Crippen LogP contribution in [0.25, 0.3) is 5.65 Å². The van der Waals surface area contributed by atoms with Gasteiger partial charge in [-0.05, 0) is 36.8 Å². The minimum Gasteiger partial charge on any atom is -0.493 e. The zero-order valence-corrected chi connectivity index (χ0v) is 21.0. The van der Waals surface area contributed by atoms with E-state index in [9.17, 15) is 0 Å². The molecule has 1 aromatic carbocycles. The first-order chi connectivity index (χ1) is 14.5. The molecule has 0 amide bonds. The molecule has 0 aliphatic carbocycles. The van der Waals surface area contributed by atoms with E-state index in [0.717, 1.165) is 41.0 Å². The molecule has 2 N–H and O–H groups in total. The number of benzene rings is 1. The zero-order chi connectivity index (χ0) is 21.6. The summed E-state index contributed by atoms with van der Waals surface area (Å²) in [6.07, 6.45) is 1.95. The maximum absolute atomic E-state index is 5.45. The quantitative estimate of drug-likeness (QED) is 0.260. The minimum absolute atomic E-state index is 0. The predicted octanol–water partition coefficient (Wildman–Crippen LogP) is 3.40. The molecule has 3 rings (SSSR count). The van der Waals surface area contributed by atoms with E-state index in [-0.39, 0.29) is 29.4 Å². The number of aromatic nitrogens is 3. The van der Waals surface area contributed by atoms with Crippen molar-refractivity contribution in [2.24, 2.45) is 4.99 Å². The molecule has 2 aromatic heterocycles. The summed E-state index contributed by atoms with van der Waals surface area (Å²) >= 11 is 0. The summed E-state index contributed by atoms with van der Waals surface area (Å²) < 4.78 is 12.7. The number of nitrogens with zero attached hydrogens (tertiary/aromatic N) is 4. The van der Waals surface area contributed by atoms with Gasteiger partial charge in [-0.2, -0.15) is 0 Å². The molecule has 0 radical (unpaired) electrons. The number of halogens is 1. The lowest BCUT2D eigenvalue weighted by molar-refractivity contribution is 0.353. The average molecular weight is 538 g/mol. The third-order valence-electron chi connectivity index (χ3n) is 4.97. The number of ether oxygens (including phenoxy) is 2. The number of hydrogen-bond acceptors (Lipinski definition) is 5. The van der Waals surface area contributed by atoms with Crippen LogP contribution in [-0.4, -0.2) is 47.9 Å². The van der Waals surface area contributed by atoms with Gasteiger partial charge in [-0.25, -0.2) is 4.99 Å². The standard InChI is InChI=1S/C22H30N6O2.HI/c1-6-23-21(24-14-20-27-26-19-9-7-8-12-28(19)20)25-15-22(2,3)16-10-11-17(29-4)18(13-16)30-5;/h7-13H,6,14-15H2,1-5H3,(H2,23,24,25);1H. The lowest BCUT2D eigenvalue weighted by Gasteiger charge is -2.27. The summed E-state index contributed by atoms with van der Waals surface area (Å²) in [7, 11) is 3.29. The first kappa shape index (κ1) is 24.7. The first-order valence-electron chi connectivity index (χ1n) is 10.0. The van der Waals surface area contributed by atoms with Crippen LogP contribution in [0.4, 0.5) is 0 Å². The Kier molecular flexibility index (Phi) is 8.90. The highest BCUT2D eigenvalue weighted by atomic mass is 127. The summed E-state index contributed by atoms with van der Waals surface area (Å²) in [5, 5.41) is 15.2. The number of fused-ring (bicyclic) bond motifs is 1. The van der Waals surface area contributed by atoms with Crippen LogP contribution >= 0.6 is 24.0 Å². The van der Waals surface area contributed by atoms with Crippen LogP contribution in [0.2, 0.25) is 0 Å². The Morgan fingerprint density at radius 2 is 1.84 bits per heavy atom.